The number of aromatic hydroxyl groups is 3. The van der Waals surface area contributed by atoms with Crippen molar-refractivity contribution < 1.29 is 39.1 Å². The number of carbonyl (C=O) groups is 1. The van der Waals surface area contributed by atoms with Gasteiger partial charge in [0.15, 0.2) is 28.8 Å². The number of phenolic OH excluding ortho intramolecular Hbond substituents is 3. The summed E-state index contributed by atoms with van der Waals surface area (Å²) in [5, 5.41) is 29.0. The molecule has 38 heavy (non-hydrogen) atoms. The third-order valence-corrected chi connectivity index (χ3v) is 7.26. The van der Waals surface area contributed by atoms with Crippen molar-refractivity contribution >= 4 is 11.9 Å². The van der Waals surface area contributed by atoms with Crippen LogP contribution >= 0.6 is 0 Å². The molecular weight excluding hydrogens is 488 g/mol. The number of rotatable bonds is 8. The van der Waals surface area contributed by atoms with Gasteiger partial charge in [-0.3, -0.25) is 4.79 Å². The van der Waals surface area contributed by atoms with Gasteiger partial charge in [-0.05, 0) is 53.1 Å². The number of benzene rings is 3. The van der Waals surface area contributed by atoms with Gasteiger partial charge in [0.2, 0.25) is 0 Å². The summed E-state index contributed by atoms with van der Waals surface area (Å²) >= 11 is 0. The normalized spacial score (nSPS) is 22.5. The molecule has 3 aromatic carbocycles. The molecule has 2 fully saturated rings. The van der Waals surface area contributed by atoms with Crippen LogP contribution < -0.4 is 9.47 Å². The minimum atomic E-state index is -0.241. The van der Waals surface area contributed by atoms with Crippen molar-refractivity contribution in [3.63, 3.8) is 0 Å². The van der Waals surface area contributed by atoms with Crippen LogP contribution in [0.2, 0.25) is 0 Å². The standard InChI is InChI=1S/C30H30O8/c1-35-27-13-19(6-5-18(27)12-21(31)8-3-17-4-9-24(32)26(34)11-17)29-22-15-38-30(23(22)16-37-29)20-7-10-25(33)28(14-20)36-2/h3-11,13-14,22-23,29-30,32-34H,12,15-16H2,1-2H3/t22-,23+,29-,30+/m0/s1. The van der Waals surface area contributed by atoms with Gasteiger partial charge in [0, 0.05) is 23.8 Å². The molecule has 2 aliphatic rings. The molecule has 5 rings (SSSR count). The van der Waals surface area contributed by atoms with Crippen molar-refractivity contribution in [2.75, 3.05) is 27.4 Å². The van der Waals surface area contributed by atoms with Crippen molar-refractivity contribution in [3.8, 4) is 28.7 Å². The van der Waals surface area contributed by atoms with Gasteiger partial charge >= 0.3 is 0 Å². The fourth-order valence-electron chi connectivity index (χ4n) is 5.27. The van der Waals surface area contributed by atoms with Crippen LogP contribution in [0.25, 0.3) is 6.08 Å². The highest BCUT2D eigenvalue weighted by molar-refractivity contribution is 5.95. The molecule has 0 aliphatic carbocycles. The first kappa shape index (κ1) is 25.6. The Bertz CT molecular complexity index is 1360. The fourth-order valence-corrected chi connectivity index (χ4v) is 5.27. The molecule has 0 aromatic heterocycles. The van der Waals surface area contributed by atoms with Gasteiger partial charge in [0.25, 0.3) is 0 Å². The van der Waals surface area contributed by atoms with Crippen LogP contribution in [-0.2, 0) is 20.7 Å². The zero-order valence-corrected chi connectivity index (χ0v) is 21.2. The first-order chi connectivity index (χ1) is 18.4. The SMILES string of the molecule is COc1cc([C@H]2OC[C@H]3[C@H]2CO[C@H]3c2ccc(CC(=O)C=Cc3ccc(O)c(O)c3)c(OC)c2)ccc1O. The summed E-state index contributed by atoms with van der Waals surface area (Å²) in [7, 11) is 3.10. The third-order valence-electron chi connectivity index (χ3n) is 7.26. The summed E-state index contributed by atoms with van der Waals surface area (Å²) in [5.41, 5.74) is 3.27. The summed E-state index contributed by atoms with van der Waals surface area (Å²) in [5.74, 6) is 0.844. The van der Waals surface area contributed by atoms with Crippen LogP contribution in [0.5, 0.6) is 28.7 Å². The van der Waals surface area contributed by atoms with Gasteiger partial charge < -0.3 is 34.3 Å². The summed E-state index contributed by atoms with van der Waals surface area (Å²) in [4.78, 5) is 12.6. The average Bonchev–Trinajstić information content (AvgIpc) is 3.53. The number of fused-ring (bicyclic) bond motifs is 1. The van der Waals surface area contributed by atoms with Crippen LogP contribution in [0.15, 0.2) is 60.7 Å². The molecule has 2 aliphatic heterocycles. The second-order valence-electron chi connectivity index (χ2n) is 9.56. The Morgan fingerprint density at radius 1 is 0.816 bits per heavy atom. The molecule has 4 atom stereocenters. The predicted molar refractivity (Wildman–Crippen MR) is 140 cm³/mol. The van der Waals surface area contributed by atoms with Crippen molar-refractivity contribution in [1.82, 2.24) is 0 Å². The second kappa shape index (κ2) is 10.8. The van der Waals surface area contributed by atoms with Crippen LogP contribution in [0, 0.1) is 11.8 Å². The van der Waals surface area contributed by atoms with E-state index >= 15 is 0 Å². The summed E-state index contributed by atoms with van der Waals surface area (Å²) < 4.78 is 23.3. The minimum Gasteiger partial charge on any atom is -0.504 e. The number of hydrogen-bond donors (Lipinski definition) is 3. The molecule has 3 N–H and O–H groups in total. The van der Waals surface area contributed by atoms with Crippen molar-refractivity contribution in [2.45, 2.75) is 18.6 Å². The first-order valence-corrected chi connectivity index (χ1v) is 12.4. The molecule has 0 amide bonds. The quantitative estimate of drug-likeness (QED) is 0.290. The molecule has 8 heteroatoms. The van der Waals surface area contributed by atoms with E-state index in [0.29, 0.717) is 30.3 Å². The van der Waals surface area contributed by atoms with E-state index in [9.17, 15) is 20.1 Å². The zero-order valence-electron chi connectivity index (χ0n) is 21.2. The molecule has 0 radical (unpaired) electrons. The van der Waals surface area contributed by atoms with E-state index in [4.69, 9.17) is 18.9 Å². The second-order valence-corrected chi connectivity index (χ2v) is 9.56. The zero-order chi connectivity index (χ0) is 26.8. The highest BCUT2D eigenvalue weighted by Crippen LogP contribution is 2.51. The average molecular weight is 519 g/mol. The van der Waals surface area contributed by atoms with Gasteiger partial charge in [-0.1, -0.05) is 30.3 Å². The van der Waals surface area contributed by atoms with E-state index < -0.39 is 0 Å². The molecule has 198 valence electrons. The van der Waals surface area contributed by atoms with E-state index in [-0.39, 0.29) is 53.5 Å². The third kappa shape index (κ3) is 5.05. The number of hydrogen-bond acceptors (Lipinski definition) is 8. The minimum absolute atomic E-state index is 0.0900. The first-order valence-electron chi connectivity index (χ1n) is 12.4. The Morgan fingerprint density at radius 3 is 2.05 bits per heavy atom. The number of ketones is 1. The van der Waals surface area contributed by atoms with Crippen LogP contribution in [0.1, 0.15) is 34.5 Å². The van der Waals surface area contributed by atoms with Crippen LogP contribution in [-0.4, -0.2) is 48.5 Å². The van der Waals surface area contributed by atoms with Gasteiger partial charge in [0.1, 0.15) is 5.75 Å². The molecule has 2 saturated heterocycles. The Balaban J connectivity index is 1.28. The summed E-state index contributed by atoms with van der Waals surface area (Å²) in [6, 6.07) is 15.4. The molecule has 8 nitrogen and oxygen atoms in total. The highest BCUT2D eigenvalue weighted by Gasteiger charge is 2.48. The smallest absolute Gasteiger partial charge is 0.160 e. The molecule has 0 saturated carbocycles. The lowest BCUT2D eigenvalue weighted by Crippen LogP contribution is -2.15. The predicted octanol–water partition coefficient (Wildman–Crippen LogP) is 4.72. The summed E-state index contributed by atoms with van der Waals surface area (Å²) in [6.07, 6.45) is 2.87. The van der Waals surface area contributed by atoms with Crippen LogP contribution in [0.4, 0.5) is 0 Å². The number of carbonyl (C=O) groups excluding carboxylic acids is 1. The maximum absolute atomic E-state index is 12.6. The number of ether oxygens (including phenoxy) is 4. The number of phenols is 3. The molecular formula is C30H30O8. The maximum atomic E-state index is 12.6. The van der Waals surface area contributed by atoms with Gasteiger partial charge in [0.05, 0.1) is 39.6 Å². The van der Waals surface area contributed by atoms with E-state index in [1.165, 1.54) is 25.3 Å². The Hall–Kier alpha value is -4.01. The Labute approximate surface area is 220 Å². The molecule has 3 aromatic rings. The molecule has 0 unspecified atom stereocenters. The van der Waals surface area contributed by atoms with Gasteiger partial charge in [-0.15, -0.1) is 0 Å². The van der Waals surface area contributed by atoms with Crippen molar-refractivity contribution in [1.29, 1.82) is 0 Å². The highest BCUT2D eigenvalue weighted by atomic mass is 16.5. The fraction of sp³-hybridized carbons (Fsp3) is 0.300. The van der Waals surface area contributed by atoms with Crippen molar-refractivity contribution in [2.24, 2.45) is 11.8 Å². The monoisotopic (exact) mass is 518 g/mol. The molecule has 0 bridgehead atoms. The molecule has 2 heterocycles. The largest absolute Gasteiger partial charge is 0.504 e. The van der Waals surface area contributed by atoms with Crippen LogP contribution in [0.3, 0.4) is 0 Å². The van der Waals surface area contributed by atoms with Gasteiger partial charge in [-0.25, -0.2) is 0 Å². The van der Waals surface area contributed by atoms with E-state index in [1.54, 1.807) is 25.3 Å². The van der Waals surface area contributed by atoms with Gasteiger partial charge in [-0.2, -0.15) is 0 Å². The Kier molecular flexibility index (Phi) is 7.26. The Morgan fingerprint density at radius 2 is 1.42 bits per heavy atom. The van der Waals surface area contributed by atoms with E-state index in [0.717, 1.165) is 16.7 Å². The number of allylic oxidation sites excluding steroid dienone is 1. The van der Waals surface area contributed by atoms with E-state index in [1.807, 2.05) is 30.3 Å². The maximum Gasteiger partial charge on any atom is 0.160 e. The van der Waals surface area contributed by atoms with E-state index in [2.05, 4.69) is 0 Å². The topological polar surface area (TPSA) is 115 Å². The lowest BCUT2D eigenvalue weighted by atomic mass is 9.84. The lowest BCUT2D eigenvalue weighted by Gasteiger charge is -2.18. The molecule has 0 spiro atoms. The lowest BCUT2D eigenvalue weighted by molar-refractivity contribution is -0.114. The van der Waals surface area contributed by atoms with Crippen molar-refractivity contribution in [3.05, 3.63) is 82.9 Å². The summed E-state index contributed by atoms with van der Waals surface area (Å²) in [6.45, 7) is 1.09. The number of methoxy groups -OCH3 is 2.